The van der Waals surface area contributed by atoms with Crippen molar-refractivity contribution in [2.24, 2.45) is 11.8 Å². The van der Waals surface area contributed by atoms with Crippen LogP contribution in [-0.2, 0) is 0 Å². The number of aromatic nitrogens is 4. The lowest BCUT2D eigenvalue weighted by atomic mass is 10.3. The van der Waals surface area contributed by atoms with E-state index < -0.39 is 11.7 Å². The Labute approximate surface area is 160 Å². The van der Waals surface area contributed by atoms with Gasteiger partial charge in [-0.05, 0) is 25.8 Å². The number of amides is 1. The van der Waals surface area contributed by atoms with Crippen molar-refractivity contribution < 1.29 is 9.18 Å². The van der Waals surface area contributed by atoms with Crippen LogP contribution in [0.15, 0.2) is 30.9 Å². The first-order valence-corrected chi connectivity index (χ1v) is 9.24. The van der Waals surface area contributed by atoms with Crippen molar-refractivity contribution in [2.45, 2.75) is 13.0 Å². The van der Waals surface area contributed by atoms with Crippen LogP contribution in [-0.4, -0.2) is 51.4 Å². The van der Waals surface area contributed by atoms with E-state index in [1.807, 2.05) is 7.05 Å². The minimum absolute atomic E-state index is 0.184. The number of anilines is 2. The number of hydrogen-bond acceptors (Lipinski definition) is 6. The van der Waals surface area contributed by atoms with Crippen LogP contribution >= 0.6 is 0 Å². The second-order valence-electron chi connectivity index (χ2n) is 7.45. The average molecular weight is 381 g/mol. The number of carbonyl (C=O) groups is 1. The molecule has 3 aromatic heterocycles. The molecule has 2 N–H and O–H groups in total. The number of halogens is 1. The molecule has 0 bridgehead atoms. The fraction of sp³-hybridized carbons (Fsp3) is 0.368. The van der Waals surface area contributed by atoms with Crippen LogP contribution in [0.3, 0.4) is 0 Å². The molecule has 4 heterocycles. The van der Waals surface area contributed by atoms with Gasteiger partial charge in [-0.2, -0.15) is 0 Å². The van der Waals surface area contributed by atoms with Crippen molar-refractivity contribution >= 4 is 23.1 Å². The van der Waals surface area contributed by atoms with E-state index in [1.54, 1.807) is 29.9 Å². The first-order valence-electron chi connectivity index (χ1n) is 9.24. The molecule has 3 atom stereocenters. The summed E-state index contributed by atoms with van der Waals surface area (Å²) in [6.07, 6.45) is 6.40. The number of rotatable bonds is 4. The van der Waals surface area contributed by atoms with Gasteiger partial charge >= 0.3 is 0 Å². The Balaban J connectivity index is 1.28. The number of hydrogen-bond donors (Lipinski definition) is 2. The molecule has 0 aromatic carbocycles. The minimum Gasteiger partial charge on any atom is -0.355 e. The van der Waals surface area contributed by atoms with Gasteiger partial charge in [0.2, 0.25) is 0 Å². The smallest absolute Gasteiger partial charge is 0.275 e. The zero-order valence-electron chi connectivity index (χ0n) is 15.6. The average Bonchev–Trinajstić information content (AvgIpc) is 3.00. The minimum atomic E-state index is -0.500. The Morgan fingerprint density at radius 3 is 2.68 bits per heavy atom. The Morgan fingerprint density at radius 2 is 2.00 bits per heavy atom. The zero-order chi connectivity index (χ0) is 19.4. The first kappa shape index (κ1) is 17.1. The third kappa shape index (κ3) is 2.78. The molecular weight excluding hydrogens is 361 g/mol. The highest BCUT2D eigenvalue weighted by Crippen LogP contribution is 2.46. The molecule has 5 rings (SSSR count). The van der Waals surface area contributed by atoms with Crippen molar-refractivity contribution in [2.75, 3.05) is 30.4 Å². The number of piperidine rings is 1. The highest BCUT2D eigenvalue weighted by Gasteiger charge is 2.55. The number of nitrogens with one attached hydrogen (secondary N) is 2. The molecule has 1 amide bonds. The van der Waals surface area contributed by atoms with Gasteiger partial charge in [-0.1, -0.05) is 0 Å². The summed E-state index contributed by atoms with van der Waals surface area (Å²) in [5.41, 5.74) is 1.44. The fourth-order valence-corrected chi connectivity index (χ4v) is 4.19. The number of carbonyl (C=O) groups excluding carboxylic acids is 1. The monoisotopic (exact) mass is 381 g/mol. The van der Waals surface area contributed by atoms with E-state index in [4.69, 9.17) is 0 Å². The van der Waals surface area contributed by atoms with Gasteiger partial charge in [0.1, 0.15) is 11.5 Å². The van der Waals surface area contributed by atoms with Crippen molar-refractivity contribution in [1.29, 1.82) is 0 Å². The maximum Gasteiger partial charge on any atom is 0.275 e. The maximum absolute atomic E-state index is 14.2. The summed E-state index contributed by atoms with van der Waals surface area (Å²) in [5, 5.41) is 5.99. The van der Waals surface area contributed by atoms with Gasteiger partial charge in [-0.15, -0.1) is 0 Å². The molecular formula is C19H20FN7O. The van der Waals surface area contributed by atoms with Crippen LogP contribution in [0.2, 0.25) is 0 Å². The molecule has 28 heavy (non-hydrogen) atoms. The normalized spacial score (nSPS) is 23.1. The topological polar surface area (TPSA) is 87.5 Å². The Morgan fingerprint density at radius 1 is 1.21 bits per heavy atom. The second kappa shape index (κ2) is 6.23. The SMILES string of the molecule is CN[C@@H]1[C@@H]2CN(c3cnc(C(=O)Nc4cc(F)c5nc(C)cn5c4)cn3)C[C@@H]21. The van der Waals surface area contributed by atoms with Gasteiger partial charge in [-0.3, -0.25) is 4.79 Å². The zero-order valence-corrected chi connectivity index (χ0v) is 15.6. The summed E-state index contributed by atoms with van der Waals surface area (Å²) < 4.78 is 15.7. The van der Waals surface area contributed by atoms with Crippen LogP contribution in [0.4, 0.5) is 15.9 Å². The molecule has 2 fully saturated rings. The third-order valence-corrected chi connectivity index (χ3v) is 5.61. The number of nitrogens with zero attached hydrogens (tertiary/aromatic N) is 5. The molecule has 9 heteroatoms. The molecule has 0 spiro atoms. The summed E-state index contributed by atoms with van der Waals surface area (Å²) in [7, 11) is 2.00. The van der Waals surface area contributed by atoms with E-state index in [-0.39, 0.29) is 11.3 Å². The van der Waals surface area contributed by atoms with Gasteiger partial charge in [0.15, 0.2) is 11.5 Å². The van der Waals surface area contributed by atoms with E-state index in [1.165, 1.54) is 12.3 Å². The Bertz CT molecular complexity index is 1050. The van der Waals surface area contributed by atoms with Gasteiger partial charge in [0, 0.05) is 37.6 Å². The molecule has 0 radical (unpaired) electrons. The van der Waals surface area contributed by atoms with Gasteiger partial charge < -0.3 is 19.9 Å². The summed E-state index contributed by atoms with van der Waals surface area (Å²) in [6, 6.07) is 1.86. The summed E-state index contributed by atoms with van der Waals surface area (Å²) in [4.78, 5) is 27.4. The van der Waals surface area contributed by atoms with Crippen molar-refractivity contribution in [1.82, 2.24) is 24.7 Å². The molecule has 144 valence electrons. The lowest BCUT2D eigenvalue weighted by Crippen LogP contribution is -2.30. The summed E-state index contributed by atoms with van der Waals surface area (Å²) in [5.74, 6) is 1.19. The molecule has 1 aliphatic carbocycles. The molecule has 1 aliphatic heterocycles. The van der Waals surface area contributed by atoms with Crippen LogP contribution < -0.4 is 15.5 Å². The molecule has 1 saturated heterocycles. The quantitative estimate of drug-likeness (QED) is 0.712. The molecule has 8 nitrogen and oxygen atoms in total. The number of imidazole rings is 1. The standard InChI is InChI=1S/C19H20FN7O/c1-10-6-27-7-11(3-14(20)18(27)24-10)25-19(28)15-4-23-16(5-22-15)26-8-12-13(9-26)17(12)21-2/h3-7,12-13,17,21H,8-9H2,1-2H3,(H,25,28)/t12-,13+,17-. The highest BCUT2D eigenvalue weighted by molar-refractivity contribution is 6.02. The third-order valence-electron chi connectivity index (χ3n) is 5.61. The van der Waals surface area contributed by atoms with Crippen LogP contribution in [0, 0.1) is 24.6 Å². The summed E-state index contributed by atoms with van der Waals surface area (Å²) >= 11 is 0. The number of pyridine rings is 1. The Kier molecular flexibility index (Phi) is 3.80. The van der Waals surface area contributed by atoms with Crippen LogP contribution in [0.1, 0.15) is 16.2 Å². The predicted molar refractivity (Wildman–Crippen MR) is 102 cm³/mol. The number of aryl methyl sites for hydroxylation is 1. The number of fused-ring (bicyclic) bond motifs is 2. The van der Waals surface area contributed by atoms with Crippen LogP contribution in [0.25, 0.3) is 5.65 Å². The maximum atomic E-state index is 14.2. The lowest BCUT2D eigenvalue weighted by molar-refractivity contribution is 0.102. The van der Waals surface area contributed by atoms with Crippen molar-refractivity contribution in [3.8, 4) is 0 Å². The predicted octanol–water partition coefficient (Wildman–Crippen LogP) is 1.48. The fourth-order valence-electron chi connectivity index (χ4n) is 4.19. The molecule has 2 aliphatic rings. The van der Waals surface area contributed by atoms with Crippen molar-refractivity contribution in [3.63, 3.8) is 0 Å². The summed E-state index contributed by atoms with van der Waals surface area (Å²) in [6.45, 7) is 3.70. The van der Waals surface area contributed by atoms with E-state index in [0.29, 0.717) is 29.3 Å². The van der Waals surface area contributed by atoms with E-state index >= 15 is 0 Å². The first-order chi connectivity index (χ1) is 13.5. The van der Waals surface area contributed by atoms with Crippen molar-refractivity contribution in [3.05, 3.63) is 48.1 Å². The van der Waals surface area contributed by atoms with E-state index in [9.17, 15) is 9.18 Å². The Hall–Kier alpha value is -3.07. The van der Waals surface area contributed by atoms with Crippen LogP contribution in [0.5, 0.6) is 0 Å². The molecule has 1 saturated carbocycles. The van der Waals surface area contributed by atoms with Gasteiger partial charge in [0.05, 0.1) is 23.8 Å². The highest BCUT2D eigenvalue weighted by atomic mass is 19.1. The largest absolute Gasteiger partial charge is 0.355 e. The van der Waals surface area contributed by atoms with Gasteiger partial charge in [-0.25, -0.2) is 19.3 Å². The van der Waals surface area contributed by atoms with E-state index in [0.717, 1.165) is 18.9 Å². The van der Waals surface area contributed by atoms with Gasteiger partial charge in [0.25, 0.3) is 5.91 Å². The molecule has 0 unspecified atom stereocenters. The van der Waals surface area contributed by atoms with E-state index in [2.05, 4.69) is 30.5 Å². The lowest BCUT2D eigenvalue weighted by Gasteiger charge is -2.20. The molecule has 3 aromatic rings. The second-order valence-corrected chi connectivity index (χ2v) is 7.45.